The summed E-state index contributed by atoms with van der Waals surface area (Å²) in [4.78, 5) is 22.7. The van der Waals surface area contributed by atoms with Crippen molar-refractivity contribution in [3.8, 4) is 11.1 Å². The summed E-state index contributed by atoms with van der Waals surface area (Å²) in [6.07, 6.45) is 6.63. The summed E-state index contributed by atoms with van der Waals surface area (Å²) in [5, 5.41) is 18.0. The molecular formula is C26H22N4O3. The number of aromatic nitrogens is 2. The Morgan fingerprint density at radius 1 is 1.03 bits per heavy atom. The van der Waals surface area contributed by atoms with Gasteiger partial charge in [0, 0.05) is 37.1 Å². The summed E-state index contributed by atoms with van der Waals surface area (Å²) in [6.45, 7) is 1.07. The SMILES string of the molecule is O=C(C=Cc1cccc([N+](=O)[O-])c1)NCc1ccccc1-c1ccc(Cn2cccn2)cc1. The van der Waals surface area contributed by atoms with Crippen molar-refractivity contribution in [2.45, 2.75) is 13.1 Å². The summed E-state index contributed by atoms with van der Waals surface area (Å²) in [5.74, 6) is -0.272. The first-order valence-corrected chi connectivity index (χ1v) is 10.4. The van der Waals surface area contributed by atoms with E-state index < -0.39 is 4.92 Å². The second kappa shape index (κ2) is 10.2. The second-order valence-corrected chi connectivity index (χ2v) is 7.46. The van der Waals surface area contributed by atoms with E-state index in [1.807, 2.05) is 41.2 Å². The van der Waals surface area contributed by atoms with E-state index in [0.717, 1.165) is 22.3 Å². The third kappa shape index (κ3) is 5.80. The van der Waals surface area contributed by atoms with Crippen LogP contribution in [0.1, 0.15) is 16.7 Å². The fourth-order valence-electron chi connectivity index (χ4n) is 3.48. The Labute approximate surface area is 191 Å². The summed E-state index contributed by atoms with van der Waals surface area (Å²) in [7, 11) is 0. The molecule has 0 unspecified atom stereocenters. The van der Waals surface area contributed by atoms with Crippen LogP contribution >= 0.6 is 0 Å². The van der Waals surface area contributed by atoms with Crippen molar-refractivity contribution in [1.82, 2.24) is 15.1 Å². The van der Waals surface area contributed by atoms with Crippen LogP contribution in [0.3, 0.4) is 0 Å². The maximum absolute atomic E-state index is 12.3. The Bertz CT molecular complexity index is 1280. The van der Waals surface area contributed by atoms with E-state index in [9.17, 15) is 14.9 Å². The van der Waals surface area contributed by atoms with Crippen LogP contribution in [-0.2, 0) is 17.9 Å². The van der Waals surface area contributed by atoms with E-state index in [2.05, 4.69) is 34.7 Å². The molecule has 1 heterocycles. The molecule has 0 saturated heterocycles. The smallest absolute Gasteiger partial charge is 0.270 e. The summed E-state index contributed by atoms with van der Waals surface area (Å²) in [6, 6.07) is 24.3. The van der Waals surface area contributed by atoms with Crippen LogP contribution in [0.25, 0.3) is 17.2 Å². The Balaban J connectivity index is 1.41. The number of hydrogen-bond donors (Lipinski definition) is 1. The van der Waals surface area contributed by atoms with E-state index in [-0.39, 0.29) is 11.6 Å². The highest BCUT2D eigenvalue weighted by Gasteiger charge is 2.07. The van der Waals surface area contributed by atoms with Crippen LogP contribution in [0, 0.1) is 10.1 Å². The van der Waals surface area contributed by atoms with Gasteiger partial charge in [-0.05, 0) is 40.0 Å². The molecule has 0 radical (unpaired) electrons. The minimum atomic E-state index is -0.460. The van der Waals surface area contributed by atoms with Gasteiger partial charge in [-0.25, -0.2) is 0 Å². The Morgan fingerprint density at radius 3 is 2.61 bits per heavy atom. The molecule has 0 saturated carbocycles. The predicted octanol–water partition coefficient (Wildman–Crippen LogP) is 4.84. The molecule has 33 heavy (non-hydrogen) atoms. The van der Waals surface area contributed by atoms with Gasteiger partial charge in [-0.15, -0.1) is 0 Å². The van der Waals surface area contributed by atoms with Crippen molar-refractivity contribution in [2.24, 2.45) is 0 Å². The van der Waals surface area contributed by atoms with Crippen molar-refractivity contribution in [1.29, 1.82) is 0 Å². The number of nitro benzene ring substituents is 1. The van der Waals surface area contributed by atoms with E-state index in [0.29, 0.717) is 18.7 Å². The average Bonchev–Trinajstić information content (AvgIpc) is 3.35. The molecule has 164 valence electrons. The summed E-state index contributed by atoms with van der Waals surface area (Å²) < 4.78 is 1.87. The number of carbonyl (C=O) groups is 1. The van der Waals surface area contributed by atoms with Gasteiger partial charge in [0.05, 0.1) is 11.5 Å². The lowest BCUT2D eigenvalue weighted by molar-refractivity contribution is -0.384. The first-order chi connectivity index (χ1) is 16.1. The zero-order valence-electron chi connectivity index (χ0n) is 17.8. The van der Waals surface area contributed by atoms with E-state index in [4.69, 9.17) is 0 Å². The number of rotatable bonds is 8. The topological polar surface area (TPSA) is 90.1 Å². The Kier molecular flexibility index (Phi) is 6.70. The maximum Gasteiger partial charge on any atom is 0.270 e. The molecule has 4 aromatic rings. The number of benzene rings is 3. The van der Waals surface area contributed by atoms with Crippen molar-refractivity contribution in [3.63, 3.8) is 0 Å². The van der Waals surface area contributed by atoms with Gasteiger partial charge < -0.3 is 5.32 Å². The molecule has 0 spiro atoms. The molecule has 0 fully saturated rings. The van der Waals surface area contributed by atoms with Crippen LogP contribution in [0.5, 0.6) is 0 Å². The zero-order valence-corrected chi connectivity index (χ0v) is 17.8. The molecule has 0 bridgehead atoms. The van der Waals surface area contributed by atoms with Gasteiger partial charge in [-0.3, -0.25) is 19.6 Å². The van der Waals surface area contributed by atoms with Gasteiger partial charge >= 0.3 is 0 Å². The Morgan fingerprint density at radius 2 is 1.85 bits per heavy atom. The standard InChI is InChI=1S/C26H22N4O3/c31-26(14-11-20-5-3-7-24(17-20)30(32)33)27-18-23-6-1-2-8-25(23)22-12-9-21(10-13-22)19-29-16-4-15-28-29/h1-17H,18-19H2,(H,27,31). The number of non-ortho nitro benzene ring substituents is 1. The molecule has 1 aromatic heterocycles. The van der Waals surface area contributed by atoms with Crippen molar-refractivity contribution < 1.29 is 9.72 Å². The van der Waals surface area contributed by atoms with Crippen LogP contribution < -0.4 is 5.32 Å². The molecule has 7 heteroatoms. The number of nitrogens with zero attached hydrogens (tertiary/aromatic N) is 3. The summed E-state index contributed by atoms with van der Waals surface area (Å²) >= 11 is 0. The monoisotopic (exact) mass is 438 g/mol. The van der Waals surface area contributed by atoms with Gasteiger partial charge in [0.15, 0.2) is 0 Å². The number of nitrogens with one attached hydrogen (secondary N) is 1. The van der Waals surface area contributed by atoms with E-state index in [1.54, 1.807) is 24.4 Å². The highest BCUT2D eigenvalue weighted by Crippen LogP contribution is 2.24. The predicted molar refractivity (Wildman–Crippen MR) is 127 cm³/mol. The minimum Gasteiger partial charge on any atom is -0.348 e. The number of amides is 1. The number of hydrogen-bond acceptors (Lipinski definition) is 4. The zero-order chi connectivity index (χ0) is 23.0. The lowest BCUT2D eigenvalue weighted by atomic mass is 9.98. The minimum absolute atomic E-state index is 0.0119. The van der Waals surface area contributed by atoms with Crippen LogP contribution in [0.2, 0.25) is 0 Å². The quantitative estimate of drug-likeness (QED) is 0.242. The lowest BCUT2D eigenvalue weighted by Gasteiger charge is -2.11. The molecule has 0 aliphatic heterocycles. The van der Waals surface area contributed by atoms with Gasteiger partial charge in [-0.1, -0.05) is 60.7 Å². The molecule has 1 N–H and O–H groups in total. The molecule has 0 aliphatic rings. The van der Waals surface area contributed by atoms with Crippen LogP contribution in [0.4, 0.5) is 5.69 Å². The average molecular weight is 438 g/mol. The van der Waals surface area contributed by atoms with E-state index in [1.165, 1.54) is 18.2 Å². The largest absolute Gasteiger partial charge is 0.348 e. The highest BCUT2D eigenvalue weighted by molar-refractivity contribution is 5.91. The second-order valence-electron chi connectivity index (χ2n) is 7.46. The molecular weight excluding hydrogens is 416 g/mol. The molecule has 7 nitrogen and oxygen atoms in total. The number of carbonyl (C=O) groups excluding carboxylic acids is 1. The maximum atomic E-state index is 12.3. The third-order valence-corrected chi connectivity index (χ3v) is 5.15. The van der Waals surface area contributed by atoms with E-state index >= 15 is 0 Å². The van der Waals surface area contributed by atoms with Crippen molar-refractivity contribution in [3.05, 3.63) is 124 Å². The van der Waals surface area contributed by atoms with Gasteiger partial charge in [-0.2, -0.15) is 5.10 Å². The fraction of sp³-hybridized carbons (Fsp3) is 0.0769. The molecule has 0 atom stereocenters. The van der Waals surface area contributed by atoms with Crippen LogP contribution in [-0.4, -0.2) is 20.6 Å². The van der Waals surface area contributed by atoms with Crippen molar-refractivity contribution in [2.75, 3.05) is 0 Å². The van der Waals surface area contributed by atoms with Gasteiger partial charge in [0.1, 0.15) is 0 Å². The fourth-order valence-corrected chi connectivity index (χ4v) is 3.48. The normalized spacial score (nSPS) is 10.9. The molecule has 4 rings (SSSR count). The number of nitro groups is 1. The molecule has 0 aliphatic carbocycles. The summed E-state index contributed by atoms with van der Waals surface area (Å²) in [5.41, 5.74) is 4.84. The Hall–Kier alpha value is -4.52. The first-order valence-electron chi connectivity index (χ1n) is 10.4. The molecule has 3 aromatic carbocycles. The van der Waals surface area contributed by atoms with Gasteiger partial charge in [0.25, 0.3) is 5.69 Å². The first kappa shape index (κ1) is 21.7. The van der Waals surface area contributed by atoms with Gasteiger partial charge in [0.2, 0.25) is 5.91 Å². The lowest BCUT2D eigenvalue weighted by Crippen LogP contribution is -2.20. The van der Waals surface area contributed by atoms with Crippen LogP contribution in [0.15, 0.2) is 97.3 Å². The third-order valence-electron chi connectivity index (χ3n) is 5.15. The van der Waals surface area contributed by atoms with Crippen molar-refractivity contribution >= 4 is 17.7 Å². The molecule has 1 amide bonds. The highest BCUT2D eigenvalue weighted by atomic mass is 16.6.